The summed E-state index contributed by atoms with van der Waals surface area (Å²) in [5.41, 5.74) is 3.14. The van der Waals surface area contributed by atoms with Gasteiger partial charge in [0.1, 0.15) is 17.2 Å². The number of halogens is 1. The van der Waals surface area contributed by atoms with Gasteiger partial charge in [-0.15, -0.1) is 0 Å². The highest BCUT2D eigenvalue weighted by Gasteiger charge is 2.38. The van der Waals surface area contributed by atoms with E-state index in [-0.39, 0.29) is 17.9 Å². The normalized spacial score (nSPS) is 21.8. The largest absolute Gasteiger partial charge is 0.482 e. The number of carbonyl (C=O) groups excluding carboxylic acids is 2. The Morgan fingerprint density at radius 2 is 1.85 bits per heavy atom. The first-order valence-electron chi connectivity index (χ1n) is 11.1. The van der Waals surface area contributed by atoms with Crippen LogP contribution in [0.5, 0.6) is 0 Å². The van der Waals surface area contributed by atoms with Crippen molar-refractivity contribution in [1.29, 1.82) is 0 Å². The van der Waals surface area contributed by atoms with Crippen LogP contribution in [0.2, 0.25) is 0 Å². The summed E-state index contributed by atoms with van der Waals surface area (Å²) in [5.74, 6) is -0.387. The molecule has 2 aromatic rings. The molecule has 3 heterocycles. The number of ether oxygens (including phenoxy) is 2. The lowest BCUT2D eigenvalue weighted by atomic mass is 9.91. The maximum absolute atomic E-state index is 13.6. The summed E-state index contributed by atoms with van der Waals surface area (Å²) < 4.78 is 25.1. The van der Waals surface area contributed by atoms with Gasteiger partial charge < -0.3 is 20.1 Å². The van der Waals surface area contributed by atoms with Crippen molar-refractivity contribution in [1.82, 2.24) is 5.32 Å². The summed E-state index contributed by atoms with van der Waals surface area (Å²) in [6.07, 6.45) is 3.50. The van der Waals surface area contributed by atoms with Gasteiger partial charge in [-0.3, -0.25) is 9.59 Å². The second-order valence-corrected chi connectivity index (χ2v) is 8.99. The SMILES string of the molecule is CC1(C)OC(=C2C(=O)Nc3cc(F)ccc32)C=C1c1ccc(C(=O)NC2CCOCC2)cc1. The lowest BCUT2D eigenvalue weighted by molar-refractivity contribution is -0.111. The first-order valence-corrected chi connectivity index (χ1v) is 11.1. The predicted octanol–water partition coefficient (Wildman–Crippen LogP) is 4.29. The minimum atomic E-state index is -0.683. The molecule has 0 unspecified atom stereocenters. The summed E-state index contributed by atoms with van der Waals surface area (Å²) in [6.45, 7) is 5.19. The Balaban J connectivity index is 1.42. The van der Waals surface area contributed by atoms with Gasteiger partial charge in [-0.25, -0.2) is 4.39 Å². The molecular formula is C26H25FN2O4. The van der Waals surface area contributed by atoms with Crippen LogP contribution in [-0.4, -0.2) is 36.7 Å². The molecule has 0 aliphatic carbocycles. The molecule has 170 valence electrons. The summed E-state index contributed by atoms with van der Waals surface area (Å²) in [5, 5.41) is 5.77. The first-order chi connectivity index (χ1) is 15.8. The Morgan fingerprint density at radius 1 is 1.12 bits per heavy atom. The Bertz CT molecular complexity index is 1190. The molecule has 3 aliphatic heterocycles. The van der Waals surface area contributed by atoms with E-state index < -0.39 is 11.4 Å². The zero-order chi connectivity index (χ0) is 23.2. The number of fused-ring (bicyclic) bond motifs is 1. The smallest absolute Gasteiger partial charge is 0.260 e. The van der Waals surface area contributed by atoms with Crippen molar-refractivity contribution in [2.75, 3.05) is 18.5 Å². The van der Waals surface area contributed by atoms with Crippen molar-refractivity contribution >= 4 is 28.6 Å². The van der Waals surface area contributed by atoms with Crippen LogP contribution < -0.4 is 10.6 Å². The lowest BCUT2D eigenvalue weighted by Gasteiger charge is -2.24. The quantitative estimate of drug-likeness (QED) is 0.687. The average molecular weight is 448 g/mol. The molecule has 5 rings (SSSR count). The molecule has 3 aliphatic rings. The molecule has 0 atom stereocenters. The second kappa shape index (κ2) is 8.15. The number of amides is 2. The minimum absolute atomic E-state index is 0.0985. The number of carbonyl (C=O) groups is 2. The summed E-state index contributed by atoms with van der Waals surface area (Å²) in [6, 6.07) is 11.7. The van der Waals surface area contributed by atoms with Gasteiger partial charge in [0, 0.05) is 36.0 Å². The van der Waals surface area contributed by atoms with Gasteiger partial charge in [0.25, 0.3) is 11.8 Å². The van der Waals surface area contributed by atoms with Crippen LogP contribution in [0.3, 0.4) is 0 Å². The van der Waals surface area contributed by atoms with Crippen LogP contribution in [0.1, 0.15) is 48.2 Å². The van der Waals surface area contributed by atoms with Gasteiger partial charge >= 0.3 is 0 Å². The van der Waals surface area contributed by atoms with Crippen LogP contribution in [0.15, 0.2) is 54.3 Å². The highest BCUT2D eigenvalue weighted by atomic mass is 19.1. The molecular weight excluding hydrogens is 423 g/mol. The van der Waals surface area contributed by atoms with Crippen LogP contribution in [-0.2, 0) is 14.3 Å². The molecule has 1 saturated heterocycles. The highest BCUT2D eigenvalue weighted by molar-refractivity contribution is 6.32. The van der Waals surface area contributed by atoms with Crippen LogP contribution in [0, 0.1) is 5.82 Å². The predicted molar refractivity (Wildman–Crippen MR) is 123 cm³/mol. The fourth-order valence-corrected chi connectivity index (χ4v) is 4.52. The fraction of sp³-hybridized carbons (Fsp3) is 0.308. The third-order valence-corrected chi connectivity index (χ3v) is 6.28. The maximum Gasteiger partial charge on any atom is 0.260 e. The van der Waals surface area contributed by atoms with Gasteiger partial charge in [-0.1, -0.05) is 12.1 Å². The van der Waals surface area contributed by atoms with Crippen LogP contribution >= 0.6 is 0 Å². The monoisotopic (exact) mass is 448 g/mol. The summed E-state index contributed by atoms with van der Waals surface area (Å²) >= 11 is 0. The topological polar surface area (TPSA) is 76.7 Å². The molecule has 0 spiro atoms. The molecule has 0 radical (unpaired) electrons. The fourth-order valence-electron chi connectivity index (χ4n) is 4.52. The molecule has 0 saturated carbocycles. The van der Waals surface area contributed by atoms with Gasteiger partial charge in [-0.05, 0) is 68.7 Å². The zero-order valence-corrected chi connectivity index (χ0v) is 18.5. The van der Waals surface area contributed by atoms with Crippen LogP contribution in [0.4, 0.5) is 10.1 Å². The third kappa shape index (κ3) is 4.04. The number of hydrogen-bond acceptors (Lipinski definition) is 4. The maximum atomic E-state index is 13.6. The van der Waals surface area contributed by atoms with E-state index in [1.54, 1.807) is 18.2 Å². The second-order valence-electron chi connectivity index (χ2n) is 8.99. The van der Waals surface area contributed by atoms with Gasteiger partial charge in [0.05, 0.1) is 11.3 Å². The molecule has 7 heteroatoms. The Hall–Kier alpha value is -3.45. The van der Waals surface area contributed by atoms with E-state index in [9.17, 15) is 14.0 Å². The number of nitrogens with one attached hydrogen (secondary N) is 2. The van der Waals surface area contributed by atoms with E-state index in [1.807, 2.05) is 32.1 Å². The Kier molecular flexibility index (Phi) is 5.29. The molecule has 0 bridgehead atoms. The highest BCUT2D eigenvalue weighted by Crippen LogP contribution is 2.44. The standard InChI is InChI=1S/C26H25FN2O4/c1-26(2)20(14-22(33-26)23-19-8-7-17(27)13-21(19)29-25(23)31)15-3-5-16(6-4-15)24(30)28-18-9-11-32-12-10-18/h3-8,13-14,18H,9-12H2,1-2H3,(H,28,30)(H,29,31). The van der Waals surface area contributed by atoms with Gasteiger partial charge in [-0.2, -0.15) is 0 Å². The van der Waals surface area contributed by atoms with Crippen molar-refractivity contribution in [3.63, 3.8) is 0 Å². The Labute approximate surface area is 191 Å². The molecule has 2 amide bonds. The average Bonchev–Trinajstić information content (AvgIpc) is 3.28. The van der Waals surface area contributed by atoms with E-state index in [2.05, 4.69) is 10.6 Å². The summed E-state index contributed by atoms with van der Waals surface area (Å²) in [4.78, 5) is 25.2. The minimum Gasteiger partial charge on any atom is -0.482 e. The van der Waals surface area contributed by atoms with E-state index in [0.29, 0.717) is 41.4 Å². The van der Waals surface area contributed by atoms with Crippen molar-refractivity contribution in [3.05, 3.63) is 76.8 Å². The molecule has 6 nitrogen and oxygen atoms in total. The van der Waals surface area contributed by atoms with Gasteiger partial charge in [0.15, 0.2) is 0 Å². The number of rotatable bonds is 3. The van der Waals surface area contributed by atoms with Crippen molar-refractivity contribution in [2.45, 2.75) is 38.3 Å². The van der Waals surface area contributed by atoms with Crippen LogP contribution in [0.25, 0.3) is 11.1 Å². The van der Waals surface area contributed by atoms with E-state index in [4.69, 9.17) is 9.47 Å². The molecule has 2 aromatic carbocycles. The van der Waals surface area contributed by atoms with Crippen molar-refractivity contribution < 1.29 is 23.5 Å². The van der Waals surface area contributed by atoms with E-state index >= 15 is 0 Å². The number of allylic oxidation sites excluding steroid dienone is 1. The zero-order valence-electron chi connectivity index (χ0n) is 18.5. The molecule has 2 N–H and O–H groups in total. The summed E-state index contributed by atoms with van der Waals surface area (Å²) in [7, 11) is 0. The number of anilines is 1. The molecule has 33 heavy (non-hydrogen) atoms. The van der Waals surface area contributed by atoms with Crippen molar-refractivity contribution in [2.24, 2.45) is 0 Å². The number of hydrogen-bond donors (Lipinski definition) is 2. The van der Waals surface area contributed by atoms with E-state index in [0.717, 1.165) is 24.0 Å². The first kappa shape index (κ1) is 21.4. The lowest BCUT2D eigenvalue weighted by Crippen LogP contribution is -2.38. The Morgan fingerprint density at radius 3 is 2.58 bits per heavy atom. The molecule has 0 aromatic heterocycles. The van der Waals surface area contributed by atoms with Crippen molar-refractivity contribution in [3.8, 4) is 0 Å². The third-order valence-electron chi connectivity index (χ3n) is 6.28. The van der Waals surface area contributed by atoms with E-state index in [1.165, 1.54) is 12.1 Å². The van der Waals surface area contributed by atoms with Gasteiger partial charge in [0.2, 0.25) is 0 Å². The molecule has 1 fully saturated rings. The number of benzene rings is 2.